The number of aromatic nitrogens is 2. The van der Waals surface area contributed by atoms with Crippen molar-refractivity contribution in [1.29, 1.82) is 0 Å². The molecule has 0 spiro atoms. The maximum absolute atomic E-state index is 5.94. The first-order valence-electron chi connectivity index (χ1n) is 7.58. The summed E-state index contributed by atoms with van der Waals surface area (Å²) < 4.78 is 5.75. The van der Waals surface area contributed by atoms with Crippen molar-refractivity contribution in [3.63, 3.8) is 0 Å². The van der Waals surface area contributed by atoms with Gasteiger partial charge in [-0.2, -0.15) is 0 Å². The second-order valence-corrected chi connectivity index (χ2v) is 5.63. The van der Waals surface area contributed by atoms with Gasteiger partial charge >= 0.3 is 0 Å². The van der Waals surface area contributed by atoms with Crippen LogP contribution >= 0.6 is 0 Å². The summed E-state index contributed by atoms with van der Waals surface area (Å²) >= 11 is 0. The molecular formula is C15H26N4O. The van der Waals surface area contributed by atoms with Crippen molar-refractivity contribution >= 4 is 5.95 Å². The van der Waals surface area contributed by atoms with E-state index in [9.17, 15) is 0 Å². The fraction of sp³-hybridized carbons (Fsp3) is 0.733. The van der Waals surface area contributed by atoms with E-state index in [0.29, 0.717) is 6.10 Å². The highest BCUT2D eigenvalue weighted by molar-refractivity contribution is 5.28. The van der Waals surface area contributed by atoms with E-state index in [1.54, 1.807) is 0 Å². The summed E-state index contributed by atoms with van der Waals surface area (Å²) in [5.41, 5.74) is 7.05. The molecule has 0 radical (unpaired) electrons. The van der Waals surface area contributed by atoms with Gasteiger partial charge in [0, 0.05) is 38.6 Å². The number of likely N-dealkylation sites (N-methyl/N-ethyl adjacent to an activating group) is 1. The highest BCUT2D eigenvalue weighted by Crippen LogP contribution is 2.15. The zero-order valence-corrected chi connectivity index (χ0v) is 12.6. The van der Waals surface area contributed by atoms with E-state index in [4.69, 9.17) is 10.5 Å². The Balaban J connectivity index is 1.87. The lowest BCUT2D eigenvalue weighted by atomic mass is 10.1. The highest BCUT2D eigenvalue weighted by atomic mass is 16.5. The number of anilines is 1. The molecule has 0 amide bonds. The smallest absolute Gasteiger partial charge is 0.225 e. The van der Waals surface area contributed by atoms with Crippen LogP contribution in [0.1, 0.15) is 38.2 Å². The van der Waals surface area contributed by atoms with Crippen LogP contribution in [-0.4, -0.2) is 42.3 Å². The lowest BCUT2D eigenvalue weighted by molar-refractivity contribution is 0.0214. The topological polar surface area (TPSA) is 64.3 Å². The first-order valence-corrected chi connectivity index (χ1v) is 7.58. The second-order valence-electron chi connectivity index (χ2n) is 5.63. The Kier molecular flexibility index (Phi) is 5.73. The van der Waals surface area contributed by atoms with Gasteiger partial charge in [-0.1, -0.05) is 6.92 Å². The van der Waals surface area contributed by atoms with Crippen LogP contribution in [0.25, 0.3) is 0 Å². The Morgan fingerprint density at radius 2 is 2.15 bits per heavy atom. The molecule has 1 aromatic rings. The predicted octanol–water partition coefficient (Wildman–Crippen LogP) is 1.76. The molecule has 1 aromatic heterocycles. The van der Waals surface area contributed by atoms with Gasteiger partial charge in [0.2, 0.25) is 5.95 Å². The summed E-state index contributed by atoms with van der Waals surface area (Å²) in [4.78, 5) is 10.9. The van der Waals surface area contributed by atoms with Crippen molar-refractivity contribution in [3.8, 4) is 0 Å². The zero-order chi connectivity index (χ0) is 14.4. The molecule has 2 heterocycles. The molecule has 20 heavy (non-hydrogen) atoms. The molecule has 2 N–H and O–H groups in total. The third-order valence-corrected chi connectivity index (χ3v) is 3.81. The first kappa shape index (κ1) is 15.2. The second kappa shape index (κ2) is 7.55. The monoisotopic (exact) mass is 278 g/mol. The number of hydrogen-bond donors (Lipinski definition) is 1. The fourth-order valence-corrected chi connectivity index (χ4v) is 2.44. The minimum atomic E-state index is 0.192. The predicted molar refractivity (Wildman–Crippen MR) is 80.9 cm³/mol. The minimum Gasteiger partial charge on any atom is -0.376 e. The van der Waals surface area contributed by atoms with Gasteiger partial charge in [0.25, 0.3) is 0 Å². The summed E-state index contributed by atoms with van der Waals surface area (Å²) in [6.45, 7) is 3.83. The summed E-state index contributed by atoms with van der Waals surface area (Å²) in [5.74, 6) is 0.757. The maximum atomic E-state index is 5.94. The van der Waals surface area contributed by atoms with E-state index in [-0.39, 0.29) is 6.04 Å². The van der Waals surface area contributed by atoms with Crippen molar-refractivity contribution in [2.45, 2.75) is 51.2 Å². The Hall–Kier alpha value is -1.20. The van der Waals surface area contributed by atoms with Gasteiger partial charge < -0.3 is 15.4 Å². The molecule has 1 aliphatic heterocycles. The van der Waals surface area contributed by atoms with E-state index in [2.05, 4.69) is 21.8 Å². The average molecular weight is 278 g/mol. The molecule has 5 heteroatoms. The molecule has 0 aromatic carbocycles. The van der Waals surface area contributed by atoms with Crippen LogP contribution in [-0.2, 0) is 11.2 Å². The van der Waals surface area contributed by atoms with E-state index >= 15 is 0 Å². The van der Waals surface area contributed by atoms with Crippen LogP contribution in [0.2, 0.25) is 0 Å². The summed E-state index contributed by atoms with van der Waals surface area (Å²) in [6, 6.07) is 0.192. The Morgan fingerprint density at radius 1 is 1.40 bits per heavy atom. The van der Waals surface area contributed by atoms with Crippen LogP contribution in [0.4, 0.5) is 5.95 Å². The molecule has 2 atom stereocenters. The molecule has 2 rings (SSSR count). The van der Waals surface area contributed by atoms with Gasteiger partial charge in [-0.15, -0.1) is 0 Å². The van der Waals surface area contributed by atoms with E-state index in [1.165, 1.54) is 12.8 Å². The summed E-state index contributed by atoms with van der Waals surface area (Å²) in [7, 11) is 2.02. The van der Waals surface area contributed by atoms with Crippen molar-refractivity contribution < 1.29 is 4.74 Å². The highest BCUT2D eigenvalue weighted by Gasteiger charge is 2.17. The zero-order valence-electron chi connectivity index (χ0n) is 12.6. The van der Waals surface area contributed by atoms with Crippen LogP contribution in [0.15, 0.2) is 12.4 Å². The van der Waals surface area contributed by atoms with Crippen LogP contribution in [0, 0.1) is 0 Å². The fourth-order valence-electron chi connectivity index (χ4n) is 2.44. The lowest BCUT2D eigenvalue weighted by Gasteiger charge is -2.27. The number of rotatable bonds is 6. The molecule has 0 bridgehead atoms. The van der Waals surface area contributed by atoms with E-state index < -0.39 is 0 Å². The molecule has 1 aliphatic rings. The molecular weight excluding hydrogens is 252 g/mol. The van der Waals surface area contributed by atoms with Crippen molar-refractivity contribution in [2.24, 2.45) is 5.73 Å². The molecule has 1 fully saturated rings. The van der Waals surface area contributed by atoms with Crippen molar-refractivity contribution in [1.82, 2.24) is 9.97 Å². The quantitative estimate of drug-likeness (QED) is 0.859. The maximum Gasteiger partial charge on any atom is 0.225 e. The Morgan fingerprint density at radius 3 is 2.75 bits per heavy atom. The SMILES string of the molecule is CCC(N)Cc1cnc(N(C)CC2CCCCO2)nc1. The summed E-state index contributed by atoms with van der Waals surface area (Å²) in [5, 5.41) is 0. The number of nitrogens with zero attached hydrogens (tertiary/aromatic N) is 3. The van der Waals surface area contributed by atoms with Gasteiger partial charge in [-0.25, -0.2) is 9.97 Å². The lowest BCUT2D eigenvalue weighted by Crippen LogP contribution is -2.34. The minimum absolute atomic E-state index is 0.192. The van der Waals surface area contributed by atoms with E-state index in [1.807, 2.05) is 19.4 Å². The molecule has 0 aliphatic carbocycles. The van der Waals surface area contributed by atoms with Crippen molar-refractivity contribution in [3.05, 3.63) is 18.0 Å². The number of nitrogens with two attached hydrogens (primary N) is 1. The van der Waals surface area contributed by atoms with Crippen LogP contribution in [0.5, 0.6) is 0 Å². The normalized spacial score (nSPS) is 20.6. The third kappa shape index (κ3) is 4.42. The third-order valence-electron chi connectivity index (χ3n) is 3.81. The standard InChI is InChI=1S/C15H26N4O/c1-3-13(16)8-12-9-17-15(18-10-12)19(2)11-14-6-4-5-7-20-14/h9-10,13-14H,3-8,11,16H2,1-2H3. The largest absolute Gasteiger partial charge is 0.376 e. The van der Waals surface area contributed by atoms with Crippen LogP contribution in [0.3, 0.4) is 0 Å². The number of hydrogen-bond acceptors (Lipinski definition) is 5. The average Bonchev–Trinajstić information content (AvgIpc) is 2.49. The van der Waals surface area contributed by atoms with Gasteiger partial charge in [0.15, 0.2) is 0 Å². The molecule has 0 saturated carbocycles. The van der Waals surface area contributed by atoms with Gasteiger partial charge in [0.05, 0.1) is 6.10 Å². The Bertz CT molecular complexity index is 389. The van der Waals surface area contributed by atoms with E-state index in [0.717, 1.165) is 43.9 Å². The summed E-state index contributed by atoms with van der Waals surface area (Å²) in [6.07, 6.45) is 9.47. The van der Waals surface area contributed by atoms with Gasteiger partial charge in [-0.3, -0.25) is 0 Å². The van der Waals surface area contributed by atoms with Gasteiger partial charge in [0.1, 0.15) is 0 Å². The molecule has 112 valence electrons. The van der Waals surface area contributed by atoms with Crippen molar-refractivity contribution in [2.75, 3.05) is 25.1 Å². The van der Waals surface area contributed by atoms with Gasteiger partial charge in [-0.05, 0) is 37.7 Å². The number of ether oxygens (including phenoxy) is 1. The molecule has 2 unspecified atom stereocenters. The first-order chi connectivity index (χ1) is 9.69. The van der Waals surface area contributed by atoms with Crippen LogP contribution < -0.4 is 10.6 Å². The molecule has 5 nitrogen and oxygen atoms in total. The Labute approximate surface area is 121 Å². The molecule has 1 saturated heterocycles.